The first kappa shape index (κ1) is 19.4. The van der Waals surface area contributed by atoms with Crippen molar-refractivity contribution in [2.24, 2.45) is 0 Å². The second-order valence-corrected chi connectivity index (χ2v) is 8.12. The highest BCUT2D eigenvalue weighted by atomic mass is 16.3. The van der Waals surface area contributed by atoms with Crippen LogP contribution in [0.2, 0.25) is 0 Å². The number of urea groups is 1. The molecular weight excluding hydrogens is 396 g/mol. The summed E-state index contributed by atoms with van der Waals surface area (Å²) in [5, 5.41) is 6.99. The summed E-state index contributed by atoms with van der Waals surface area (Å²) in [4.78, 5) is 42.0. The van der Waals surface area contributed by atoms with E-state index in [0.717, 1.165) is 35.4 Å². The molecule has 4 amide bonds. The highest BCUT2D eigenvalue weighted by molar-refractivity contribution is 6.04. The van der Waals surface area contributed by atoms with Gasteiger partial charge in [-0.2, -0.15) is 0 Å². The Morgan fingerprint density at radius 1 is 1.19 bits per heavy atom. The molecule has 0 bridgehead atoms. The van der Waals surface area contributed by atoms with Crippen molar-refractivity contribution in [1.82, 2.24) is 20.5 Å². The van der Waals surface area contributed by atoms with E-state index in [1.807, 2.05) is 12.1 Å². The van der Waals surface area contributed by atoms with Gasteiger partial charge in [-0.15, -0.1) is 0 Å². The van der Waals surface area contributed by atoms with Crippen LogP contribution in [-0.4, -0.2) is 33.8 Å². The Morgan fingerprint density at radius 2 is 2.06 bits per heavy atom. The number of rotatable bonds is 6. The van der Waals surface area contributed by atoms with Gasteiger partial charge in [-0.05, 0) is 49.4 Å². The Kier molecular flexibility index (Phi) is 4.97. The predicted octanol–water partition coefficient (Wildman–Crippen LogP) is 3.16. The number of aryl methyl sites for hydroxylation is 1. The van der Waals surface area contributed by atoms with Gasteiger partial charge < -0.3 is 20.0 Å². The first-order chi connectivity index (χ1) is 15.1. The number of H-pyrrole nitrogens is 1. The molecule has 8 heteroatoms. The van der Waals surface area contributed by atoms with E-state index in [1.54, 1.807) is 12.1 Å². The lowest BCUT2D eigenvalue weighted by Crippen LogP contribution is -2.34. The van der Waals surface area contributed by atoms with Crippen molar-refractivity contribution < 1.29 is 18.8 Å². The van der Waals surface area contributed by atoms with E-state index in [2.05, 4.69) is 27.8 Å². The fraction of sp³-hybridized carbons (Fsp3) is 0.348. The Labute approximate surface area is 179 Å². The molecule has 3 N–H and O–H groups in total. The van der Waals surface area contributed by atoms with Gasteiger partial charge in [0, 0.05) is 23.0 Å². The van der Waals surface area contributed by atoms with Crippen LogP contribution in [-0.2, 0) is 22.6 Å². The van der Waals surface area contributed by atoms with Crippen LogP contribution in [0.3, 0.4) is 0 Å². The number of hydrogen-bond donors (Lipinski definition) is 3. The number of fused-ring (bicyclic) bond motifs is 3. The van der Waals surface area contributed by atoms with Gasteiger partial charge in [0.05, 0.1) is 18.8 Å². The molecule has 0 spiro atoms. The van der Waals surface area contributed by atoms with Gasteiger partial charge in [0.1, 0.15) is 11.8 Å². The Bertz CT molecular complexity index is 1130. The monoisotopic (exact) mass is 420 g/mol. The number of aromatic nitrogens is 1. The summed E-state index contributed by atoms with van der Waals surface area (Å²) < 4.78 is 5.22. The van der Waals surface area contributed by atoms with Gasteiger partial charge in [0.15, 0.2) is 0 Å². The third kappa shape index (κ3) is 3.69. The summed E-state index contributed by atoms with van der Waals surface area (Å²) in [5.41, 5.74) is 3.44. The molecule has 1 saturated heterocycles. The minimum absolute atomic E-state index is 0.0621. The molecule has 160 valence electrons. The number of hydrogen-bond acceptors (Lipinski definition) is 4. The van der Waals surface area contributed by atoms with E-state index < -0.39 is 12.1 Å². The number of carbonyl (C=O) groups excluding carboxylic acids is 3. The topological polar surface area (TPSA) is 107 Å². The molecule has 1 fully saturated rings. The van der Waals surface area contributed by atoms with E-state index in [-0.39, 0.29) is 37.2 Å². The van der Waals surface area contributed by atoms with Crippen LogP contribution in [0.1, 0.15) is 48.7 Å². The number of nitrogens with zero attached hydrogens (tertiary/aromatic N) is 1. The van der Waals surface area contributed by atoms with E-state index in [9.17, 15) is 14.4 Å². The van der Waals surface area contributed by atoms with Crippen molar-refractivity contribution >= 4 is 28.7 Å². The molecule has 3 heterocycles. The second kappa shape index (κ2) is 7.94. The zero-order valence-electron chi connectivity index (χ0n) is 17.0. The van der Waals surface area contributed by atoms with E-state index in [0.29, 0.717) is 5.76 Å². The summed E-state index contributed by atoms with van der Waals surface area (Å²) in [6, 6.07) is 10.4. The van der Waals surface area contributed by atoms with Crippen LogP contribution in [0.5, 0.6) is 0 Å². The van der Waals surface area contributed by atoms with Crippen molar-refractivity contribution in [1.29, 1.82) is 0 Å². The standard InChI is InChI=1S/C23H24N4O4/c28-20(11-10-19-22(29)27(23(30)26-19)13-14-5-4-12-31-14)24-18-9-3-7-16-15-6-1-2-8-17(15)25-21(16)18/h1-2,4-6,8,12,18-19,25H,3,7,9-11,13H2,(H,24,28)(H,26,30). The van der Waals surface area contributed by atoms with Crippen LogP contribution in [0, 0.1) is 0 Å². The molecule has 1 aliphatic heterocycles. The number of amides is 4. The maximum absolute atomic E-state index is 12.6. The quantitative estimate of drug-likeness (QED) is 0.533. The SMILES string of the molecule is O=C(CCC1NC(=O)N(Cc2ccco2)C1=O)NC1CCCc2c1[nH]c1ccccc21. The highest BCUT2D eigenvalue weighted by Gasteiger charge is 2.38. The number of aromatic amines is 1. The van der Waals surface area contributed by atoms with E-state index >= 15 is 0 Å². The average Bonchev–Trinajstić information content (AvgIpc) is 3.48. The van der Waals surface area contributed by atoms with Crippen molar-refractivity contribution in [3.05, 3.63) is 59.7 Å². The lowest BCUT2D eigenvalue weighted by Gasteiger charge is -2.24. The number of furan rings is 1. The molecule has 2 atom stereocenters. The van der Waals surface area contributed by atoms with Crippen LogP contribution in [0.25, 0.3) is 10.9 Å². The molecule has 3 aromatic rings. The zero-order valence-corrected chi connectivity index (χ0v) is 17.0. The number of benzene rings is 1. The molecule has 5 rings (SSSR count). The van der Waals surface area contributed by atoms with Crippen molar-refractivity contribution in [2.45, 2.75) is 50.7 Å². The average molecular weight is 420 g/mol. The maximum atomic E-state index is 12.6. The highest BCUT2D eigenvalue weighted by Crippen LogP contribution is 2.34. The minimum Gasteiger partial charge on any atom is -0.467 e. The third-order valence-corrected chi connectivity index (χ3v) is 6.11. The molecule has 31 heavy (non-hydrogen) atoms. The lowest BCUT2D eigenvalue weighted by atomic mass is 9.91. The summed E-state index contributed by atoms with van der Waals surface area (Å²) >= 11 is 0. The van der Waals surface area contributed by atoms with Gasteiger partial charge in [0.2, 0.25) is 5.91 Å². The van der Waals surface area contributed by atoms with E-state index in [1.165, 1.54) is 17.2 Å². The van der Waals surface area contributed by atoms with Crippen LogP contribution >= 0.6 is 0 Å². The van der Waals surface area contributed by atoms with Gasteiger partial charge in [0.25, 0.3) is 5.91 Å². The Hall–Kier alpha value is -3.55. The number of imide groups is 1. The zero-order chi connectivity index (χ0) is 21.4. The molecule has 2 aliphatic rings. The maximum Gasteiger partial charge on any atom is 0.325 e. The summed E-state index contributed by atoms with van der Waals surface area (Å²) in [6.45, 7) is 0.0889. The first-order valence-corrected chi connectivity index (χ1v) is 10.6. The summed E-state index contributed by atoms with van der Waals surface area (Å²) in [6.07, 6.45) is 4.81. The first-order valence-electron chi connectivity index (χ1n) is 10.6. The number of nitrogens with one attached hydrogen (secondary N) is 3. The Balaban J connectivity index is 1.19. The smallest absolute Gasteiger partial charge is 0.325 e. The second-order valence-electron chi connectivity index (χ2n) is 8.12. The predicted molar refractivity (Wildman–Crippen MR) is 113 cm³/mol. The minimum atomic E-state index is -0.691. The number of para-hydroxylation sites is 1. The molecule has 8 nitrogen and oxygen atoms in total. The summed E-state index contributed by atoms with van der Waals surface area (Å²) in [5.74, 6) is 0.0844. The Morgan fingerprint density at radius 3 is 2.90 bits per heavy atom. The van der Waals surface area contributed by atoms with Crippen LogP contribution < -0.4 is 10.6 Å². The molecule has 0 saturated carbocycles. The van der Waals surface area contributed by atoms with Crippen LogP contribution in [0.4, 0.5) is 4.79 Å². The molecule has 2 unspecified atom stereocenters. The molecule has 1 aliphatic carbocycles. The van der Waals surface area contributed by atoms with Crippen molar-refractivity contribution in [3.63, 3.8) is 0 Å². The molecule has 0 radical (unpaired) electrons. The van der Waals surface area contributed by atoms with Crippen LogP contribution in [0.15, 0.2) is 47.1 Å². The fourth-order valence-electron chi connectivity index (χ4n) is 4.58. The van der Waals surface area contributed by atoms with Gasteiger partial charge >= 0.3 is 6.03 Å². The molecule has 1 aromatic carbocycles. The summed E-state index contributed by atoms with van der Waals surface area (Å²) in [7, 11) is 0. The van der Waals surface area contributed by atoms with Gasteiger partial charge in [-0.25, -0.2) is 4.79 Å². The van der Waals surface area contributed by atoms with Crippen molar-refractivity contribution in [2.75, 3.05) is 0 Å². The molecule has 2 aromatic heterocycles. The fourth-order valence-corrected chi connectivity index (χ4v) is 4.58. The third-order valence-electron chi connectivity index (χ3n) is 6.11. The van der Waals surface area contributed by atoms with Gasteiger partial charge in [-0.3, -0.25) is 14.5 Å². The largest absolute Gasteiger partial charge is 0.467 e. The number of carbonyl (C=O) groups is 3. The van der Waals surface area contributed by atoms with Gasteiger partial charge in [-0.1, -0.05) is 18.2 Å². The normalized spacial score (nSPS) is 20.7. The molecular formula is C23H24N4O4. The van der Waals surface area contributed by atoms with E-state index in [4.69, 9.17) is 4.42 Å². The lowest BCUT2D eigenvalue weighted by molar-refractivity contribution is -0.128. The van der Waals surface area contributed by atoms with Crippen molar-refractivity contribution in [3.8, 4) is 0 Å².